The molecule has 0 radical (unpaired) electrons. The maximum absolute atomic E-state index is 9.11. The molecule has 1 rings (SSSR count). The Hall–Kier alpha value is -1.09. The van der Waals surface area contributed by atoms with E-state index in [1.807, 2.05) is 0 Å². The highest BCUT2D eigenvalue weighted by atomic mass is 16.5. The Morgan fingerprint density at radius 3 is 2.64 bits per heavy atom. The lowest BCUT2D eigenvalue weighted by Crippen LogP contribution is -1.93. The first-order valence-electron chi connectivity index (χ1n) is 3.42. The molecule has 0 aliphatic carbocycles. The molecule has 11 heavy (non-hydrogen) atoms. The van der Waals surface area contributed by atoms with E-state index >= 15 is 0 Å². The van der Waals surface area contributed by atoms with E-state index in [1.54, 1.807) is 32.4 Å². The number of rotatable bonds is 2. The van der Waals surface area contributed by atoms with Crippen LogP contribution in [0.3, 0.4) is 0 Å². The van der Waals surface area contributed by atoms with Gasteiger partial charge in [0.1, 0.15) is 0 Å². The standard InChI is InChI=1S/C8H11NO2/c1-6(10)7-3-4-8(11-2)9-5-7/h3-6,10H,1-2H3/t6-/m0/s1. The molecular weight excluding hydrogens is 142 g/mol. The van der Waals surface area contributed by atoms with Crippen LogP contribution in [-0.2, 0) is 0 Å². The number of hydrogen-bond donors (Lipinski definition) is 1. The Balaban J connectivity index is 2.83. The minimum atomic E-state index is -0.464. The van der Waals surface area contributed by atoms with Gasteiger partial charge in [0.15, 0.2) is 0 Å². The third kappa shape index (κ3) is 1.91. The molecule has 1 atom stereocenters. The van der Waals surface area contributed by atoms with Crippen molar-refractivity contribution >= 4 is 0 Å². The molecular formula is C8H11NO2. The van der Waals surface area contributed by atoms with Crippen molar-refractivity contribution in [3.63, 3.8) is 0 Å². The summed E-state index contributed by atoms with van der Waals surface area (Å²) in [5.74, 6) is 0.564. The van der Waals surface area contributed by atoms with Crippen molar-refractivity contribution in [1.82, 2.24) is 4.98 Å². The molecule has 0 aliphatic heterocycles. The molecule has 3 heteroatoms. The second-order valence-electron chi connectivity index (χ2n) is 2.31. The fourth-order valence-electron chi connectivity index (χ4n) is 0.760. The van der Waals surface area contributed by atoms with Crippen LogP contribution in [0.5, 0.6) is 5.88 Å². The van der Waals surface area contributed by atoms with Crippen LogP contribution in [0.2, 0.25) is 0 Å². The smallest absolute Gasteiger partial charge is 0.212 e. The Bertz CT molecular complexity index is 218. The average molecular weight is 153 g/mol. The molecule has 1 aromatic heterocycles. The lowest BCUT2D eigenvalue weighted by molar-refractivity contribution is 0.198. The molecule has 0 bridgehead atoms. The summed E-state index contributed by atoms with van der Waals surface area (Å²) < 4.78 is 4.86. The fraction of sp³-hybridized carbons (Fsp3) is 0.375. The van der Waals surface area contributed by atoms with Crippen molar-refractivity contribution in [2.45, 2.75) is 13.0 Å². The first-order valence-corrected chi connectivity index (χ1v) is 3.42. The van der Waals surface area contributed by atoms with E-state index < -0.39 is 6.10 Å². The van der Waals surface area contributed by atoms with Gasteiger partial charge in [-0.15, -0.1) is 0 Å². The minimum Gasteiger partial charge on any atom is -0.481 e. The van der Waals surface area contributed by atoms with Crippen LogP contribution in [0, 0.1) is 0 Å². The summed E-state index contributed by atoms with van der Waals surface area (Å²) in [6, 6.07) is 3.51. The summed E-state index contributed by atoms with van der Waals surface area (Å²) in [5, 5.41) is 9.11. The van der Waals surface area contributed by atoms with E-state index in [2.05, 4.69) is 4.98 Å². The summed E-state index contributed by atoms with van der Waals surface area (Å²) in [4.78, 5) is 3.94. The van der Waals surface area contributed by atoms with Gasteiger partial charge in [0, 0.05) is 12.3 Å². The number of pyridine rings is 1. The molecule has 0 aliphatic rings. The molecule has 3 nitrogen and oxygen atoms in total. The van der Waals surface area contributed by atoms with Gasteiger partial charge in [-0.3, -0.25) is 0 Å². The van der Waals surface area contributed by atoms with Crippen molar-refractivity contribution in [1.29, 1.82) is 0 Å². The first kappa shape index (κ1) is 8.01. The van der Waals surface area contributed by atoms with E-state index in [1.165, 1.54) is 0 Å². The Kier molecular flexibility index (Phi) is 2.44. The number of methoxy groups -OCH3 is 1. The Morgan fingerprint density at radius 2 is 2.27 bits per heavy atom. The highest BCUT2D eigenvalue weighted by molar-refractivity contribution is 5.18. The minimum absolute atomic E-state index is 0.464. The summed E-state index contributed by atoms with van der Waals surface area (Å²) >= 11 is 0. The third-order valence-corrected chi connectivity index (χ3v) is 1.45. The number of hydrogen-bond acceptors (Lipinski definition) is 3. The highest BCUT2D eigenvalue weighted by Crippen LogP contribution is 2.12. The van der Waals surface area contributed by atoms with Gasteiger partial charge in [0.05, 0.1) is 13.2 Å². The predicted molar refractivity (Wildman–Crippen MR) is 41.4 cm³/mol. The zero-order valence-corrected chi connectivity index (χ0v) is 6.61. The zero-order chi connectivity index (χ0) is 8.27. The molecule has 1 heterocycles. The summed E-state index contributed by atoms with van der Waals surface area (Å²) in [5.41, 5.74) is 0.797. The Labute approximate surface area is 65.7 Å². The second-order valence-corrected chi connectivity index (χ2v) is 2.31. The SMILES string of the molecule is COc1ccc([C@H](C)O)cn1. The van der Waals surface area contributed by atoms with Gasteiger partial charge in [-0.25, -0.2) is 4.98 Å². The maximum Gasteiger partial charge on any atom is 0.212 e. The van der Waals surface area contributed by atoms with E-state index in [4.69, 9.17) is 9.84 Å². The maximum atomic E-state index is 9.11. The van der Waals surface area contributed by atoms with Crippen molar-refractivity contribution in [2.75, 3.05) is 7.11 Å². The lowest BCUT2D eigenvalue weighted by atomic mass is 10.2. The quantitative estimate of drug-likeness (QED) is 0.692. The number of aliphatic hydroxyl groups excluding tert-OH is 1. The van der Waals surface area contributed by atoms with Gasteiger partial charge >= 0.3 is 0 Å². The van der Waals surface area contributed by atoms with Crippen LogP contribution in [0.1, 0.15) is 18.6 Å². The monoisotopic (exact) mass is 153 g/mol. The van der Waals surface area contributed by atoms with Gasteiger partial charge in [-0.1, -0.05) is 0 Å². The van der Waals surface area contributed by atoms with Crippen LogP contribution >= 0.6 is 0 Å². The van der Waals surface area contributed by atoms with Crippen LogP contribution in [0.15, 0.2) is 18.3 Å². The van der Waals surface area contributed by atoms with E-state index in [0.717, 1.165) is 5.56 Å². The number of aromatic nitrogens is 1. The van der Waals surface area contributed by atoms with E-state index in [-0.39, 0.29) is 0 Å². The van der Waals surface area contributed by atoms with E-state index in [0.29, 0.717) is 5.88 Å². The van der Waals surface area contributed by atoms with Gasteiger partial charge in [-0.05, 0) is 18.6 Å². The fourth-order valence-corrected chi connectivity index (χ4v) is 0.760. The average Bonchev–Trinajstić information content (AvgIpc) is 2.05. The van der Waals surface area contributed by atoms with Gasteiger partial charge in [-0.2, -0.15) is 0 Å². The van der Waals surface area contributed by atoms with E-state index in [9.17, 15) is 0 Å². The second kappa shape index (κ2) is 3.34. The number of ether oxygens (including phenoxy) is 1. The molecule has 1 aromatic rings. The van der Waals surface area contributed by atoms with Gasteiger partial charge in [0.2, 0.25) is 5.88 Å². The molecule has 60 valence electrons. The number of aliphatic hydroxyl groups is 1. The van der Waals surface area contributed by atoms with Crippen molar-refractivity contribution < 1.29 is 9.84 Å². The molecule has 0 saturated heterocycles. The lowest BCUT2D eigenvalue weighted by Gasteiger charge is -2.03. The van der Waals surface area contributed by atoms with Crippen LogP contribution in [0.4, 0.5) is 0 Å². The van der Waals surface area contributed by atoms with Gasteiger partial charge < -0.3 is 9.84 Å². The van der Waals surface area contributed by atoms with Crippen molar-refractivity contribution in [2.24, 2.45) is 0 Å². The van der Waals surface area contributed by atoms with Crippen LogP contribution < -0.4 is 4.74 Å². The molecule has 0 saturated carbocycles. The van der Waals surface area contributed by atoms with Gasteiger partial charge in [0.25, 0.3) is 0 Å². The molecule has 0 amide bonds. The van der Waals surface area contributed by atoms with Crippen LogP contribution in [0.25, 0.3) is 0 Å². The molecule has 0 spiro atoms. The topological polar surface area (TPSA) is 42.4 Å². The third-order valence-electron chi connectivity index (χ3n) is 1.45. The number of nitrogens with zero attached hydrogens (tertiary/aromatic N) is 1. The summed E-state index contributed by atoms with van der Waals surface area (Å²) in [6.45, 7) is 1.70. The Morgan fingerprint density at radius 1 is 1.55 bits per heavy atom. The molecule has 0 unspecified atom stereocenters. The first-order chi connectivity index (χ1) is 5.24. The largest absolute Gasteiger partial charge is 0.481 e. The molecule has 1 N–H and O–H groups in total. The zero-order valence-electron chi connectivity index (χ0n) is 6.61. The van der Waals surface area contributed by atoms with Crippen molar-refractivity contribution in [3.05, 3.63) is 23.9 Å². The highest BCUT2D eigenvalue weighted by Gasteiger charge is 1.99. The predicted octanol–water partition coefficient (Wildman–Crippen LogP) is 1.14. The normalized spacial score (nSPS) is 12.6. The van der Waals surface area contributed by atoms with Crippen LogP contribution in [-0.4, -0.2) is 17.2 Å². The summed E-state index contributed by atoms with van der Waals surface area (Å²) in [6.07, 6.45) is 1.14. The molecule has 0 fully saturated rings. The van der Waals surface area contributed by atoms with Crippen molar-refractivity contribution in [3.8, 4) is 5.88 Å². The summed E-state index contributed by atoms with van der Waals surface area (Å²) in [7, 11) is 1.56. The molecule has 0 aromatic carbocycles.